The highest BCUT2D eigenvalue weighted by molar-refractivity contribution is 7.11. The van der Waals surface area contributed by atoms with Crippen LogP contribution >= 0.6 is 11.3 Å². The second-order valence-electron chi connectivity index (χ2n) is 5.13. The first-order valence-corrected chi connectivity index (χ1v) is 7.56. The summed E-state index contributed by atoms with van der Waals surface area (Å²) in [6, 6.07) is 3.53. The number of anilines is 1. The van der Waals surface area contributed by atoms with E-state index in [-0.39, 0.29) is 17.5 Å². The zero-order valence-electron chi connectivity index (χ0n) is 11.5. The van der Waals surface area contributed by atoms with Gasteiger partial charge in [0.1, 0.15) is 17.3 Å². The van der Waals surface area contributed by atoms with Crippen LogP contribution in [-0.4, -0.2) is 10.9 Å². The number of hydrogen-bond donors (Lipinski definition) is 1. The van der Waals surface area contributed by atoms with E-state index >= 15 is 0 Å². The number of hydrogen-bond acceptors (Lipinski definition) is 3. The summed E-state index contributed by atoms with van der Waals surface area (Å²) in [6.45, 7) is 1.94. The first kappa shape index (κ1) is 14.1. The number of carbonyl (C=O) groups is 1. The van der Waals surface area contributed by atoms with Crippen molar-refractivity contribution in [3.05, 3.63) is 45.4 Å². The molecule has 1 amide bonds. The van der Waals surface area contributed by atoms with Gasteiger partial charge in [-0.15, -0.1) is 11.3 Å². The van der Waals surface area contributed by atoms with E-state index in [1.54, 1.807) is 11.3 Å². The smallest absolute Gasteiger partial charge is 0.228 e. The van der Waals surface area contributed by atoms with Gasteiger partial charge in [0.2, 0.25) is 5.91 Å². The van der Waals surface area contributed by atoms with Crippen molar-refractivity contribution in [3.63, 3.8) is 0 Å². The maximum Gasteiger partial charge on any atom is 0.228 e. The van der Waals surface area contributed by atoms with Crippen LogP contribution in [-0.2, 0) is 17.6 Å². The summed E-state index contributed by atoms with van der Waals surface area (Å²) in [6.07, 6.45) is 1.97. The number of aryl methyl sites for hydroxylation is 2. The summed E-state index contributed by atoms with van der Waals surface area (Å²) in [4.78, 5) is 17.8. The number of nitrogens with one attached hydrogen (secondary N) is 1. The van der Waals surface area contributed by atoms with Crippen LogP contribution in [0.5, 0.6) is 0 Å². The third-order valence-corrected chi connectivity index (χ3v) is 4.66. The molecular formula is C15H14F2N2OS. The molecule has 3 nitrogen and oxygen atoms in total. The molecule has 0 fully saturated rings. The molecule has 110 valence electrons. The largest absolute Gasteiger partial charge is 0.321 e. The first-order chi connectivity index (χ1) is 10.0. The van der Waals surface area contributed by atoms with Crippen molar-refractivity contribution >= 4 is 22.9 Å². The quantitative estimate of drug-likeness (QED) is 0.923. The number of carbonyl (C=O) groups excluding carboxylic acids is 1. The molecule has 1 atom stereocenters. The van der Waals surface area contributed by atoms with E-state index in [1.165, 1.54) is 6.07 Å². The van der Waals surface area contributed by atoms with Crippen LogP contribution < -0.4 is 5.32 Å². The lowest BCUT2D eigenvalue weighted by atomic mass is 9.90. The molecule has 1 aliphatic carbocycles. The molecule has 0 radical (unpaired) electrons. The van der Waals surface area contributed by atoms with E-state index in [0.29, 0.717) is 12.8 Å². The predicted octanol–water partition coefficient (Wildman–Crippen LogP) is 3.47. The summed E-state index contributed by atoms with van der Waals surface area (Å²) >= 11 is 1.58. The van der Waals surface area contributed by atoms with E-state index in [1.807, 2.05) is 6.92 Å². The molecule has 0 spiro atoms. The van der Waals surface area contributed by atoms with Gasteiger partial charge < -0.3 is 5.32 Å². The van der Waals surface area contributed by atoms with E-state index in [2.05, 4.69) is 10.3 Å². The summed E-state index contributed by atoms with van der Waals surface area (Å²) in [5, 5.41) is 3.37. The summed E-state index contributed by atoms with van der Waals surface area (Å²) in [5.74, 6) is -2.12. The molecule has 0 saturated carbocycles. The molecule has 3 rings (SSSR count). The molecular weight excluding hydrogens is 294 g/mol. The summed E-state index contributed by atoms with van der Waals surface area (Å²) < 4.78 is 27.1. The zero-order valence-corrected chi connectivity index (χ0v) is 12.3. The van der Waals surface area contributed by atoms with Gasteiger partial charge in [0.25, 0.3) is 0 Å². The van der Waals surface area contributed by atoms with Gasteiger partial charge in [0, 0.05) is 10.8 Å². The second-order valence-corrected chi connectivity index (χ2v) is 6.42. The molecule has 1 aromatic heterocycles. The van der Waals surface area contributed by atoms with E-state index < -0.39 is 11.6 Å². The molecule has 0 bridgehead atoms. The SMILES string of the molecule is Cc1nc2c(s1)CC(C(=O)Nc1c(F)cccc1F)CC2. The minimum absolute atomic E-state index is 0.267. The Morgan fingerprint density at radius 1 is 1.38 bits per heavy atom. The lowest BCUT2D eigenvalue weighted by Gasteiger charge is -2.20. The topological polar surface area (TPSA) is 42.0 Å². The van der Waals surface area contributed by atoms with Crippen molar-refractivity contribution in [2.75, 3.05) is 5.32 Å². The van der Waals surface area contributed by atoms with Gasteiger partial charge in [0.05, 0.1) is 10.7 Å². The number of benzene rings is 1. The fourth-order valence-electron chi connectivity index (χ4n) is 2.57. The van der Waals surface area contributed by atoms with Crippen molar-refractivity contribution in [1.82, 2.24) is 4.98 Å². The van der Waals surface area contributed by atoms with E-state index in [4.69, 9.17) is 0 Å². The second kappa shape index (κ2) is 5.52. The third kappa shape index (κ3) is 2.81. The van der Waals surface area contributed by atoms with Crippen LogP contribution in [0.3, 0.4) is 0 Å². The number of thiazole rings is 1. The maximum atomic E-state index is 13.6. The standard InChI is InChI=1S/C15H14F2N2OS/c1-8-18-12-6-5-9(7-13(12)21-8)15(20)19-14-10(16)3-2-4-11(14)17/h2-4,9H,5-7H2,1H3,(H,19,20). The Balaban J connectivity index is 1.75. The number of nitrogens with zero attached hydrogens (tertiary/aromatic N) is 1. The first-order valence-electron chi connectivity index (χ1n) is 6.74. The Morgan fingerprint density at radius 3 is 2.81 bits per heavy atom. The Labute approximate surface area is 125 Å². The Morgan fingerprint density at radius 2 is 2.10 bits per heavy atom. The molecule has 1 unspecified atom stereocenters. The van der Waals surface area contributed by atoms with Crippen LogP contribution in [0.1, 0.15) is 22.0 Å². The number of aromatic nitrogens is 1. The molecule has 1 N–H and O–H groups in total. The molecule has 21 heavy (non-hydrogen) atoms. The van der Waals surface area contributed by atoms with Gasteiger partial charge in [-0.1, -0.05) is 6.07 Å². The van der Waals surface area contributed by atoms with E-state index in [9.17, 15) is 13.6 Å². The normalized spacial score (nSPS) is 17.4. The Hall–Kier alpha value is -1.82. The highest BCUT2D eigenvalue weighted by Gasteiger charge is 2.28. The van der Waals surface area contributed by atoms with Gasteiger partial charge in [-0.3, -0.25) is 4.79 Å². The van der Waals surface area contributed by atoms with Crippen molar-refractivity contribution in [2.45, 2.75) is 26.2 Å². The third-order valence-electron chi connectivity index (χ3n) is 3.63. The number of halogens is 2. The lowest BCUT2D eigenvalue weighted by Crippen LogP contribution is -2.28. The molecule has 0 aliphatic heterocycles. The van der Waals surface area contributed by atoms with Gasteiger partial charge in [-0.25, -0.2) is 13.8 Å². The van der Waals surface area contributed by atoms with Crippen LogP contribution in [0, 0.1) is 24.5 Å². The van der Waals surface area contributed by atoms with Gasteiger partial charge >= 0.3 is 0 Å². The predicted molar refractivity (Wildman–Crippen MR) is 77.4 cm³/mol. The van der Waals surface area contributed by atoms with Gasteiger partial charge in [-0.05, 0) is 38.3 Å². The molecule has 1 aromatic carbocycles. The zero-order chi connectivity index (χ0) is 15.0. The number of rotatable bonds is 2. The molecule has 1 aliphatic rings. The summed E-state index contributed by atoms with van der Waals surface area (Å²) in [7, 11) is 0. The fraction of sp³-hybridized carbons (Fsp3) is 0.333. The lowest BCUT2D eigenvalue weighted by molar-refractivity contribution is -0.120. The summed E-state index contributed by atoms with van der Waals surface area (Å²) in [5.41, 5.74) is 0.687. The minimum atomic E-state index is -0.756. The van der Waals surface area contributed by atoms with Crippen molar-refractivity contribution in [2.24, 2.45) is 5.92 Å². The Bertz CT molecular complexity index is 679. The van der Waals surface area contributed by atoms with Crippen LogP contribution in [0.2, 0.25) is 0 Å². The van der Waals surface area contributed by atoms with Gasteiger partial charge in [-0.2, -0.15) is 0 Å². The monoisotopic (exact) mass is 308 g/mol. The molecule has 1 heterocycles. The number of amides is 1. The highest BCUT2D eigenvalue weighted by atomic mass is 32.1. The maximum absolute atomic E-state index is 13.6. The average molecular weight is 308 g/mol. The molecule has 6 heteroatoms. The molecule has 2 aromatic rings. The number of fused-ring (bicyclic) bond motifs is 1. The molecule has 0 saturated heterocycles. The van der Waals surface area contributed by atoms with Gasteiger partial charge in [0.15, 0.2) is 0 Å². The van der Waals surface area contributed by atoms with Crippen LogP contribution in [0.25, 0.3) is 0 Å². The minimum Gasteiger partial charge on any atom is -0.321 e. The van der Waals surface area contributed by atoms with Crippen molar-refractivity contribution in [1.29, 1.82) is 0 Å². The fourth-order valence-corrected chi connectivity index (χ4v) is 3.63. The average Bonchev–Trinajstić information content (AvgIpc) is 2.81. The number of para-hydroxylation sites is 1. The van der Waals surface area contributed by atoms with Crippen molar-refractivity contribution in [3.8, 4) is 0 Å². The van der Waals surface area contributed by atoms with Crippen LogP contribution in [0.4, 0.5) is 14.5 Å². The van der Waals surface area contributed by atoms with E-state index in [0.717, 1.165) is 34.1 Å². The van der Waals surface area contributed by atoms with Crippen LogP contribution in [0.15, 0.2) is 18.2 Å². The van der Waals surface area contributed by atoms with Crippen molar-refractivity contribution < 1.29 is 13.6 Å². The highest BCUT2D eigenvalue weighted by Crippen LogP contribution is 2.30. The Kier molecular flexibility index (Phi) is 3.71.